The van der Waals surface area contributed by atoms with E-state index < -0.39 is 0 Å². The van der Waals surface area contributed by atoms with Crippen molar-refractivity contribution in [2.75, 3.05) is 19.6 Å². The molecular formula is C10H16ClNO2. The fourth-order valence-electron chi connectivity index (χ4n) is 1.04. The average Bonchev–Trinajstić information content (AvgIpc) is 2.67. The summed E-state index contributed by atoms with van der Waals surface area (Å²) >= 11 is 5.75. The van der Waals surface area contributed by atoms with Crippen LogP contribution in [-0.2, 0) is 0 Å². The van der Waals surface area contributed by atoms with Crippen LogP contribution in [0, 0.1) is 5.92 Å². The Morgan fingerprint density at radius 3 is 2.86 bits per heavy atom. The highest BCUT2D eigenvalue weighted by Gasteiger charge is 2.06. The lowest BCUT2D eigenvalue weighted by Crippen LogP contribution is -2.12. The van der Waals surface area contributed by atoms with Crippen molar-refractivity contribution in [1.29, 1.82) is 0 Å². The third kappa shape index (κ3) is 3.14. The fourth-order valence-corrected chi connectivity index (χ4v) is 1.34. The largest absolute Gasteiger partial charge is 0.495 e. The maximum absolute atomic E-state index is 5.75. The zero-order valence-electron chi connectivity index (χ0n) is 8.55. The van der Waals surface area contributed by atoms with E-state index in [4.69, 9.17) is 21.1 Å². The lowest BCUT2D eigenvalue weighted by atomic mass is 10.1. The van der Waals surface area contributed by atoms with Crippen LogP contribution in [0.3, 0.4) is 0 Å². The number of aromatic nitrogens is 1. The number of hydrogen-bond acceptors (Lipinski definition) is 2. The summed E-state index contributed by atoms with van der Waals surface area (Å²) in [5.74, 6) is 2.55. The molecule has 0 bridgehead atoms. The molecule has 0 spiro atoms. The third-order valence-corrected chi connectivity index (χ3v) is 2.57. The predicted octanol–water partition coefficient (Wildman–Crippen LogP) is 2.67. The van der Waals surface area contributed by atoms with Crippen molar-refractivity contribution in [2.45, 2.75) is 13.3 Å². The number of ether oxygens (including phenoxy) is 2. The SMILES string of the molecule is CCC(CCl)COc1cc(OC)c[nH]1. The molecule has 0 aliphatic rings. The van der Waals surface area contributed by atoms with Gasteiger partial charge in [0.1, 0.15) is 5.75 Å². The van der Waals surface area contributed by atoms with Crippen LogP contribution in [0.15, 0.2) is 12.3 Å². The van der Waals surface area contributed by atoms with E-state index >= 15 is 0 Å². The highest BCUT2D eigenvalue weighted by Crippen LogP contribution is 2.18. The molecule has 1 heterocycles. The minimum Gasteiger partial charge on any atom is -0.495 e. The summed E-state index contributed by atoms with van der Waals surface area (Å²) in [6.07, 6.45) is 2.79. The predicted molar refractivity (Wildman–Crippen MR) is 57.3 cm³/mol. The van der Waals surface area contributed by atoms with Gasteiger partial charge in [0, 0.05) is 24.1 Å². The molecule has 1 aromatic heterocycles. The topological polar surface area (TPSA) is 34.2 Å². The van der Waals surface area contributed by atoms with Gasteiger partial charge in [0.15, 0.2) is 5.88 Å². The lowest BCUT2D eigenvalue weighted by Gasteiger charge is -2.10. The molecule has 0 aromatic carbocycles. The van der Waals surface area contributed by atoms with Crippen LogP contribution in [0.5, 0.6) is 11.6 Å². The standard InChI is InChI=1S/C10H16ClNO2/c1-3-8(5-11)7-14-10-4-9(13-2)6-12-10/h4,6,8,12H,3,5,7H2,1-2H3. The molecule has 1 atom stereocenters. The molecule has 1 aromatic rings. The third-order valence-electron chi connectivity index (χ3n) is 2.14. The summed E-state index contributed by atoms with van der Waals surface area (Å²) in [5, 5.41) is 0. The zero-order valence-corrected chi connectivity index (χ0v) is 9.30. The quantitative estimate of drug-likeness (QED) is 0.744. The van der Waals surface area contributed by atoms with Crippen LogP contribution in [0.2, 0.25) is 0 Å². The Bertz CT molecular complexity index is 258. The summed E-state index contributed by atoms with van der Waals surface area (Å²) in [4.78, 5) is 2.97. The van der Waals surface area contributed by atoms with Crippen LogP contribution in [0.1, 0.15) is 13.3 Å². The highest BCUT2D eigenvalue weighted by molar-refractivity contribution is 6.18. The second-order valence-electron chi connectivity index (χ2n) is 3.14. The number of hydrogen-bond donors (Lipinski definition) is 1. The van der Waals surface area contributed by atoms with Crippen molar-refractivity contribution >= 4 is 11.6 Å². The number of halogens is 1. The monoisotopic (exact) mass is 217 g/mol. The van der Waals surface area contributed by atoms with Crippen LogP contribution in [-0.4, -0.2) is 24.6 Å². The lowest BCUT2D eigenvalue weighted by molar-refractivity contribution is 0.250. The molecule has 0 saturated carbocycles. The van der Waals surface area contributed by atoms with Gasteiger partial charge in [-0.1, -0.05) is 6.92 Å². The molecule has 0 fully saturated rings. The van der Waals surface area contributed by atoms with E-state index in [1.165, 1.54) is 0 Å². The summed E-state index contributed by atoms with van der Waals surface area (Å²) < 4.78 is 10.5. The van der Waals surface area contributed by atoms with Crippen molar-refractivity contribution in [3.05, 3.63) is 12.3 Å². The van der Waals surface area contributed by atoms with Gasteiger partial charge in [-0.05, 0) is 6.42 Å². The molecule has 1 rings (SSSR count). The van der Waals surface area contributed by atoms with E-state index in [2.05, 4.69) is 11.9 Å². The smallest absolute Gasteiger partial charge is 0.194 e. The Hall–Kier alpha value is -0.830. The Morgan fingerprint density at radius 2 is 2.36 bits per heavy atom. The Kier molecular flexibility index (Phi) is 4.66. The molecule has 80 valence electrons. The van der Waals surface area contributed by atoms with Crippen molar-refractivity contribution in [3.63, 3.8) is 0 Å². The van der Waals surface area contributed by atoms with Gasteiger partial charge in [-0.3, -0.25) is 0 Å². The molecular weight excluding hydrogens is 202 g/mol. The number of rotatable bonds is 6. The fraction of sp³-hybridized carbons (Fsp3) is 0.600. The van der Waals surface area contributed by atoms with E-state index in [9.17, 15) is 0 Å². The van der Waals surface area contributed by atoms with Gasteiger partial charge < -0.3 is 14.5 Å². The first-order valence-electron chi connectivity index (χ1n) is 4.71. The maximum Gasteiger partial charge on any atom is 0.194 e. The minimum atomic E-state index is 0.408. The van der Waals surface area contributed by atoms with Gasteiger partial charge in [0.2, 0.25) is 0 Å². The summed E-state index contributed by atoms with van der Waals surface area (Å²) in [5.41, 5.74) is 0. The molecule has 3 nitrogen and oxygen atoms in total. The first-order chi connectivity index (χ1) is 6.80. The number of H-pyrrole nitrogens is 1. The molecule has 4 heteroatoms. The first-order valence-corrected chi connectivity index (χ1v) is 5.24. The van der Waals surface area contributed by atoms with E-state index in [1.807, 2.05) is 6.07 Å². The molecule has 0 aliphatic carbocycles. The van der Waals surface area contributed by atoms with Crippen LogP contribution < -0.4 is 9.47 Å². The van der Waals surface area contributed by atoms with Crippen LogP contribution in [0.25, 0.3) is 0 Å². The van der Waals surface area contributed by atoms with Crippen molar-refractivity contribution in [1.82, 2.24) is 4.98 Å². The number of nitrogens with one attached hydrogen (secondary N) is 1. The zero-order chi connectivity index (χ0) is 10.4. The minimum absolute atomic E-state index is 0.408. The summed E-state index contributed by atoms with van der Waals surface area (Å²) in [6.45, 7) is 2.75. The van der Waals surface area contributed by atoms with Crippen molar-refractivity contribution in [3.8, 4) is 11.6 Å². The van der Waals surface area contributed by atoms with Gasteiger partial charge in [0.25, 0.3) is 0 Å². The van der Waals surface area contributed by atoms with E-state index in [0.717, 1.165) is 18.1 Å². The molecule has 0 aliphatic heterocycles. The van der Waals surface area contributed by atoms with Gasteiger partial charge in [0.05, 0.1) is 13.7 Å². The van der Waals surface area contributed by atoms with Crippen molar-refractivity contribution < 1.29 is 9.47 Å². The van der Waals surface area contributed by atoms with Gasteiger partial charge in [-0.25, -0.2) is 0 Å². The number of methoxy groups -OCH3 is 1. The summed E-state index contributed by atoms with van der Waals surface area (Å²) in [7, 11) is 1.63. The molecule has 0 radical (unpaired) electrons. The summed E-state index contributed by atoms with van der Waals surface area (Å²) in [6, 6.07) is 1.82. The molecule has 0 amide bonds. The molecule has 0 saturated heterocycles. The normalized spacial score (nSPS) is 12.5. The van der Waals surface area contributed by atoms with E-state index in [0.29, 0.717) is 18.4 Å². The molecule has 1 unspecified atom stereocenters. The first kappa shape index (κ1) is 11.2. The maximum atomic E-state index is 5.75. The van der Waals surface area contributed by atoms with Crippen LogP contribution in [0.4, 0.5) is 0 Å². The molecule has 14 heavy (non-hydrogen) atoms. The number of aromatic amines is 1. The second kappa shape index (κ2) is 5.81. The van der Waals surface area contributed by atoms with E-state index in [1.54, 1.807) is 13.3 Å². The second-order valence-corrected chi connectivity index (χ2v) is 3.45. The molecule has 1 N–H and O–H groups in total. The Morgan fingerprint density at radius 1 is 1.57 bits per heavy atom. The highest BCUT2D eigenvalue weighted by atomic mass is 35.5. The van der Waals surface area contributed by atoms with Crippen molar-refractivity contribution in [2.24, 2.45) is 5.92 Å². The van der Waals surface area contributed by atoms with Gasteiger partial charge in [-0.15, -0.1) is 11.6 Å². The average molecular weight is 218 g/mol. The Labute approximate surface area is 89.4 Å². The van der Waals surface area contributed by atoms with Gasteiger partial charge >= 0.3 is 0 Å². The number of alkyl halides is 1. The Balaban J connectivity index is 2.37. The van der Waals surface area contributed by atoms with Crippen LogP contribution >= 0.6 is 11.6 Å². The van der Waals surface area contributed by atoms with E-state index in [-0.39, 0.29) is 0 Å². The van der Waals surface area contributed by atoms with Gasteiger partial charge in [-0.2, -0.15) is 0 Å².